The van der Waals surface area contributed by atoms with Crippen LogP contribution in [0.2, 0.25) is 0 Å². The summed E-state index contributed by atoms with van der Waals surface area (Å²) in [6, 6.07) is 13.7. The molecule has 2 aromatic rings. The van der Waals surface area contributed by atoms with E-state index in [0.717, 1.165) is 12.1 Å². The van der Waals surface area contributed by atoms with E-state index in [1.165, 1.54) is 11.0 Å². The highest BCUT2D eigenvalue weighted by molar-refractivity contribution is 5.99. The van der Waals surface area contributed by atoms with Gasteiger partial charge in [-0.3, -0.25) is 9.69 Å². The van der Waals surface area contributed by atoms with E-state index in [2.05, 4.69) is 0 Å². The van der Waals surface area contributed by atoms with Gasteiger partial charge >= 0.3 is 5.97 Å². The van der Waals surface area contributed by atoms with Crippen molar-refractivity contribution in [1.29, 1.82) is 5.26 Å². The SMILES string of the molecule is N#CCN(C(=O)COC(=O)c1ccc(F)cc1N)c1ccccc1. The number of nitrogen functional groups attached to an aromatic ring is 1. The highest BCUT2D eigenvalue weighted by Crippen LogP contribution is 2.16. The number of ether oxygens (including phenoxy) is 1. The third kappa shape index (κ3) is 4.08. The molecule has 2 rings (SSSR count). The second kappa shape index (κ2) is 7.74. The Morgan fingerprint density at radius 3 is 2.54 bits per heavy atom. The van der Waals surface area contributed by atoms with Gasteiger partial charge in [0, 0.05) is 11.4 Å². The number of benzene rings is 2. The number of esters is 1. The predicted octanol–water partition coefficient (Wildman–Crippen LogP) is 2.12. The molecule has 0 aromatic heterocycles. The maximum atomic E-state index is 13.0. The molecule has 0 atom stereocenters. The lowest BCUT2D eigenvalue weighted by Crippen LogP contribution is -2.35. The molecule has 7 heteroatoms. The van der Waals surface area contributed by atoms with Crippen molar-refractivity contribution < 1.29 is 18.7 Å². The summed E-state index contributed by atoms with van der Waals surface area (Å²) in [5.41, 5.74) is 5.95. The van der Waals surface area contributed by atoms with Crippen LogP contribution in [0.3, 0.4) is 0 Å². The molecule has 0 heterocycles. The summed E-state index contributed by atoms with van der Waals surface area (Å²) in [6.07, 6.45) is 0. The molecule has 0 bridgehead atoms. The fourth-order valence-corrected chi connectivity index (χ4v) is 2.00. The standard InChI is InChI=1S/C17H14FN3O3/c18-12-6-7-14(15(20)10-12)17(23)24-11-16(22)21(9-8-19)13-4-2-1-3-5-13/h1-7,10H,9,11,20H2. The third-order valence-corrected chi connectivity index (χ3v) is 3.16. The number of para-hydroxylation sites is 1. The lowest BCUT2D eigenvalue weighted by Gasteiger charge is -2.19. The van der Waals surface area contributed by atoms with Gasteiger partial charge in [-0.05, 0) is 30.3 Å². The van der Waals surface area contributed by atoms with Gasteiger partial charge in [0.15, 0.2) is 6.61 Å². The van der Waals surface area contributed by atoms with E-state index in [1.807, 2.05) is 6.07 Å². The Morgan fingerprint density at radius 2 is 1.92 bits per heavy atom. The van der Waals surface area contributed by atoms with Gasteiger partial charge in [0.25, 0.3) is 5.91 Å². The molecule has 24 heavy (non-hydrogen) atoms. The Balaban J connectivity index is 2.05. The van der Waals surface area contributed by atoms with Crippen LogP contribution in [0.25, 0.3) is 0 Å². The molecule has 0 aliphatic rings. The van der Waals surface area contributed by atoms with E-state index in [9.17, 15) is 14.0 Å². The topological polar surface area (TPSA) is 96.4 Å². The third-order valence-electron chi connectivity index (χ3n) is 3.16. The van der Waals surface area contributed by atoms with Gasteiger partial charge < -0.3 is 10.5 Å². The molecule has 0 spiro atoms. The minimum atomic E-state index is -0.842. The van der Waals surface area contributed by atoms with Gasteiger partial charge in [-0.2, -0.15) is 5.26 Å². The average Bonchev–Trinajstić information content (AvgIpc) is 2.58. The smallest absolute Gasteiger partial charge is 0.340 e. The monoisotopic (exact) mass is 327 g/mol. The summed E-state index contributed by atoms with van der Waals surface area (Å²) >= 11 is 0. The first-order valence-electron chi connectivity index (χ1n) is 6.97. The number of carbonyl (C=O) groups excluding carboxylic acids is 2. The Bertz CT molecular complexity index is 787. The van der Waals surface area contributed by atoms with Crippen LogP contribution in [-0.2, 0) is 9.53 Å². The quantitative estimate of drug-likeness (QED) is 0.515. The molecule has 0 fully saturated rings. The van der Waals surface area contributed by atoms with Crippen molar-refractivity contribution in [3.63, 3.8) is 0 Å². The molecule has 0 radical (unpaired) electrons. The summed E-state index contributed by atoms with van der Waals surface area (Å²) in [5, 5.41) is 8.86. The molecule has 2 aromatic carbocycles. The van der Waals surface area contributed by atoms with E-state index < -0.39 is 24.3 Å². The molecular formula is C17H14FN3O3. The highest BCUT2D eigenvalue weighted by atomic mass is 19.1. The maximum Gasteiger partial charge on any atom is 0.340 e. The van der Waals surface area contributed by atoms with Crippen molar-refractivity contribution in [2.75, 3.05) is 23.8 Å². The molecular weight excluding hydrogens is 313 g/mol. The Hall–Kier alpha value is -3.40. The summed E-state index contributed by atoms with van der Waals surface area (Å²) in [4.78, 5) is 25.3. The fraction of sp³-hybridized carbons (Fsp3) is 0.118. The molecule has 0 aliphatic heterocycles. The van der Waals surface area contributed by atoms with Crippen LogP contribution < -0.4 is 10.6 Å². The van der Waals surface area contributed by atoms with Crippen molar-refractivity contribution in [3.8, 4) is 6.07 Å². The lowest BCUT2D eigenvalue weighted by molar-refractivity contribution is -0.121. The van der Waals surface area contributed by atoms with Crippen LogP contribution in [0.15, 0.2) is 48.5 Å². The number of amides is 1. The largest absolute Gasteiger partial charge is 0.452 e. The normalized spacial score (nSPS) is 9.83. The maximum absolute atomic E-state index is 13.0. The Morgan fingerprint density at radius 1 is 1.21 bits per heavy atom. The number of anilines is 2. The van der Waals surface area contributed by atoms with Crippen LogP contribution in [0.1, 0.15) is 10.4 Å². The van der Waals surface area contributed by atoms with Crippen LogP contribution in [0.5, 0.6) is 0 Å². The molecule has 0 unspecified atom stereocenters. The van der Waals surface area contributed by atoms with Crippen LogP contribution in [0.4, 0.5) is 15.8 Å². The molecule has 1 amide bonds. The van der Waals surface area contributed by atoms with Gasteiger partial charge in [0.05, 0.1) is 11.6 Å². The number of hydrogen-bond donors (Lipinski definition) is 1. The molecule has 0 aliphatic carbocycles. The van der Waals surface area contributed by atoms with E-state index >= 15 is 0 Å². The molecule has 6 nitrogen and oxygen atoms in total. The minimum absolute atomic E-state index is 0.0317. The average molecular weight is 327 g/mol. The number of halogens is 1. The van der Waals surface area contributed by atoms with Crippen molar-refractivity contribution in [2.24, 2.45) is 0 Å². The second-order valence-electron chi connectivity index (χ2n) is 4.78. The minimum Gasteiger partial charge on any atom is -0.452 e. The number of nitriles is 1. The zero-order valence-corrected chi connectivity index (χ0v) is 12.6. The summed E-state index contributed by atoms with van der Waals surface area (Å²) in [7, 11) is 0. The number of nitrogens with two attached hydrogens (primary N) is 1. The Labute approximate surface area is 137 Å². The first kappa shape index (κ1) is 17.0. The van der Waals surface area contributed by atoms with E-state index in [4.69, 9.17) is 15.7 Å². The van der Waals surface area contributed by atoms with Gasteiger partial charge in [0.1, 0.15) is 12.4 Å². The number of hydrogen-bond acceptors (Lipinski definition) is 5. The number of carbonyl (C=O) groups is 2. The van der Waals surface area contributed by atoms with Gasteiger partial charge in [-0.1, -0.05) is 18.2 Å². The van der Waals surface area contributed by atoms with Crippen LogP contribution >= 0.6 is 0 Å². The van der Waals surface area contributed by atoms with Crippen molar-refractivity contribution in [2.45, 2.75) is 0 Å². The van der Waals surface area contributed by atoms with E-state index in [-0.39, 0.29) is 17.8 Å². The van der Waals surface area contributed by atoms with Crippen molar-refractivity contribution in [3.05, 3.63) is 59.9 Å². The van der Waals surface area contributed by atoms with E-state index in [0.29, 0.717) is 5.69 Å². The van der Waals surface area contributed by atoms with E-state index in [1.54, 1.807) is 30.3 Å². The molecule has 2 N–H and O–H groups in total. The van der Waals surface area contributed by atoms with Crippen molar-refractivity contribution >= 4 is 23.3 Å². The lowest BCUT2D eigenvalue weighted by atomic mass is 10.2. The number of nitrogens with zero attached hydrogens (tertiary/aromatic N) is 2. The zero-order chi connectivity index (χ0) is 17.5. The predicted molar refractivity (Wildman–Crippen MR) is 85.5 cm³/mol. The Kier molecular flexibility index (Phi) is 5.47. The van der Waals surface area contributed by atoms with Crippen LogP contribution in [0, 0.1) is 17.1 Å². The summed E-state index contributed by atoms with van der Waals surface area (Å²) < 4.78 is 17.9. The van der Waals surface area contributed by atoms with Gasteiger partial charge in [-0.15, -0.1) is 0 Å². The zero-order valence-electron chi connectivity index (χ0n) is 12.6. The molecule has 0 saturated carbocycles. The second-order valence-corrected chi connectivity index (χ2v) is 4.78. The first-order chi connectivity index (χ1) is 11.5. The molecule has 0 saturated heterocycles. The highest BCUT2D eigenvalue weighted by Gasteiger charge is 2.19. The molecule has 122 valence electrons. The van der Waals surface area contributed by atoms with Gasteiger partial charge in [-0.25, -0.2) is 9.18 Å². The van der Waals surface area contributed by atoms with Gasteiger partial charge in [0.2, 0.25) is 0 Å². The first-order valence-corrected chi connectivity index (χ1v) is 6.97. The summed E-state index contributed by atoms with van der Waals surface area (Å²) in [5.74, 6) is -1.98. The fourth-order valence-electron chi connectivity index (χ4n) is 2.00. The number of rotatable bonds is 5. The van der Waals surface area contributed by atoms with Crippen LogP contribution in [-0.4, -0.2) is 25.0 Å². The summed E-state index contributed by atoms with van der Waals surface area (Å²) in [6.45, 7) is -0.745. The van der Waals surface area contributed by atoms with Crippen molar-refractivity contribution in [1.82, 2.24) is 0 Å².